The van der Waals surface area contributed by atoms with Crippen molar-refractivity contribution in [1.82, 2.24) is 0 Å². The van der Waals surface area contributed by atoms with Crippen LogP contribution in [0.3, 0.4) is 0 Å². The van der Waals surface area contributed by atoms with Gasteiger partial charge in [0.15, 0.2) is 0 Å². The van der Waals surface area contributed by atoms with Crippen LogP contribution < -0.4 is 5.73 Å². The van der Waals surface area contributed by atoms with Crippen LogP contribution in [0.25, 0.3) is 0 Å². The summed E-state index contributed by atoms with van der Waals surface area (Å²) in [6.45, 7) is 5.62. The van der Waals surface area contributed by atoms with E-state index in [1.807, 2.05) is 6.07 Å². The van der Waals surface area contributed by atoms with Gasteiger partial charge in [-0.2, -0.15) is 0 Å². The zero-order valence-corrected chi connectivity index (χ0v) is 10.7. The van der Waals surface area contributed by atoms with Gasteiger partial charge >= 0.3 is 0 Å². The van der Waals surface area contributed by atoms with Gasteiger partial charge in [-0.05, 0) is 30.4 Å². The first-order valence-corrected chi connectivity index (χ1v) is 6.16. The highest BCUT2D eigenvalue weighted by Gasteiger charge is 2.07. The zero-order chi connectivity index (χ0) is 12.7. The monoisotopic (exact) mass is 239 g/mol. The average molecular weight is 239 g/mol. The summed E-state index contributed by atoms with van der Waals surface area (Å²) < 4.78 is 18.8. The third-order valence-corrected chi connectivity index (χ3v) is 2.52. The Labute approximate surface area is 103 Å². The summed E-state index contributed by atoms with van der Waals surface area (Å²) in [4.78, 5) is 0. The summed E-state index contributed by atoms with van der Waals surface area (Å²) in [5.41, 5.74) is 6.63. The van der Waals surface area contributed by atoms with Crippen molar-refractivity contribution in [2.45, 2.75) is 32.7 Å². The first-order valence-electron chi connectivity index (χ1n) is 6.16. The predicted octanol–water partition coefficient (Wildman–Crippen LogP) is 2.76. The van der Waals surface area contributed by atoms with E-state index in [1.54, 1.807) is 12.1 Å². The molecule has 0 fully saturated rings. The van der Waals surface area contributed by atoms with Gasteiger partial charge in [0.05, 0.1) is 0 Å². The van der Waals surface area contributed by atoms with E-state index in [1.165, 1.54) is 6.07 Å². The van der Waals surface area contributed by atoms with E-state index in [9.17, 15) is 4.39 Å². The van der Waals surface area contributed by atoms with Crippen molar-refractivity contribution in [3.05, 3.63) is 35.6 Å². The Bertz CT molecular complexity index is 328. The number of benzene rings is 1. The molecule has 17 heavy (non-hydrogen) atoms. The number of halogens is 1. The van der Waals surface area contributed by atoms with Crippen molar-refractivity contribution in [2.75, 3.05) is 13.2 Å². The molecule has 1 rings (SSSR count). The van der Waals surface area contributed by atoms with Crippen LogP contribution in [0.15, 0.2) is 24.3 Å². The van der Waals surface area contributed by atoms with E-state index in [4.69, 9.17) is 10.5 Å². The van der Waals surface area contributed by atoms with Crippen LogP contribution in [0, 0.1) is 11.7 Å². The van der Waals surface area contributed by atoms with Crippen LogP contribution >= 0.6 is 0 Å². The van der Waals surface area contributed by atoms with Crippen LogP contribution in [-0.4, -0.2) is 19.3 Å². The molecule has 0 saturated heterocycles. The number of hydrogen-bond donors (Lipinski definition) is 1. The smallest absolute Gasteiger partial charge is 0.126 e. The van der Waals surface area contributed by atoms with E-state index in [2.05, 4.69) is 13.8 Å². The van der Waals surface area contributed by atoms with Crippen molar-refractivity contribution in [2.24, 2.45) is 11.7 Å². The summed E-state index contributed by atoms with van der Waals surface area (Å²) >= 11 is 0. The largest absolute Gasteiger partial charge is 0.381 e. The predicted molar refractivity (Wildman–Crippen MR) is 68.4 cm³/mol. The van der Waals surface area contributed by atoms with Crippen LogP contribution in [0.4, 0.5) is 4.39 Å². The van der Waals surface area contributed by atoms with E-state index in [-0.39, 0.29) is 11.9 Å². The van der Waals surface area contributed by atoms with Crippen LogP contribution in [0.5, 0.6) is 0 Å². The van der Waals surface area contributed by atoms with Gasteiger partial charge in [0, 0.05) is 19.3 Å². The Kier molecular flexibility index (Phi) is 6.16. The number of nitrogens with two attached hydrogens (primary N) is 1. The van der Waals surface area contributed by atoms with E-state index < -0.39 is 0 Å². The Morgan fingerprint density at radius 3 is 2.65 bits per heavy atom. The molecule has 2 N–H and O–H groups in total. The molecular formula is C14H22FNO. The molecule has 0 spiro atoms. The van der Waals surface area contributed by atoms with Gasteiger partial charge in [-0.1, -0.05) is 32.0 Å². The number of rotatable bonds is 7. The second kappa shape index (κ2) is 7.41. The average Bonchev–Trinajstić information content (AvgIpc) is 2.27. The third-order valence-electron chi connectivity index (χ3n) is 2.52. The lowest BCUT2D eigenvalue weighted by molar-refractivity contribution is 0.104. The summed E-state index contributed by atoms with van der Waals surface area (Å²) in [5, 5.41) is 0. The maximum absolute atomic E-state index is 13.4. The molecule has 1 aromatic carbocycles. The van der Waals surface area contributed by atoms with Gasteiger partial charge in [-0.3, -0.25) is 0 Å². The molecule has 0 bridgehead atoms. The Morgan fingerprint density at radius 1 is 1.29 bits per heavy atom. The highest BCUT2D eigenvalue weighted by molar-refractivity contribution is 5.18. The zero-order valence-electron chi connectivity index (χ0n) is 10.7. The molecule has 1 atom stereocenters. The van der Waals surface area contributed by atoms with Crippen molar-refractivity contribution in [1.29, 1.82) is 0 Å². The van der Waals surface area contributed by atoms with Crippen molar-refractivity contribution in [3.63, 3.8) is 0 Å². The molecule has 0 aliphatic carbocycles. The minimum Gasteiger partial charge on any atom is -0.381 e. The first kappa shape index (κ1) is 14.1. The first-order chi connectivity index (χ1) is 8.09. The highest BCUT2D eigenvalue weighted by Crippen LogP contribution is 2.09. The second-order valence-electron chi connectivity index (χ2n) is 4.81. The normalized spacial score (nSPS) is 13.0. The molecule has 1 aromatic rings. The van der Waals surface area contributed by atoms with Crippen LogP contribution in [0.1, 0.15) is 25.8 Å². The topological polar surface area (TPSA) is 35.2 Å². The lowest BCUT2D eigenvalue weighted by atomic mass is 10.0. The van der Waals surface area contributed by atoms with E-state index in [0.29, 0.717) is 24.5 Å². The minimum absolute atomic E-state index is 0.0425. The molecule has 96 valence electrons. The molecule has 0 aliphatic heterocycles. The van der Waals surface area contributed by atoms with Gasteiger partial charge in [0.1, 0.15) is 5.82 Å². The van der Waals surface area contributed by atoms with Crippen LogP contribution in [-0.2, 0) is 11.2 Å². The second-order valence-corrected chi connectivity index (χ2v) is 4.81. The van der Waals surface area contributed by atoms with E-state index in [0.717, 1.165) is 13.0 Å². The highest BCUT2D eigenvalue weighted by atomic mass is 19.1. The maximum atomic E-state index is 13.4. The third kappa shape index (κ3) is 5.80. The summed E-state index contributed by atoms with van der Waals surface area (Å²) in [6, 6.07) is 6.73. The number of ether oxygens (including phenoxy) is 1. The van der Waals surface area contributed by atoms with E-state index >= 15 is 0 Å². The van der Waals surface area contributed by atoms with Crippen molar-refractivity contribution < 1.29 is 9.13 Å². The molecule has 0 saturated carbocycles. The minimum atomic E-state index is -0.175. The van der Waals surface area contributed by atoms with Gasteiger partial charge in [0.2, 0.25) is 0 Å². The maximum Gasteiger partial charge on any atom is 0.126 e. The molecule has 0 aliphatic rings. The molecule has 3 heteroatoms. The van der Waals surface area contributed by atoms with Gasteiger partial charge in [-0.25, -0.2) is 4.39 Å². The lowest BCUT2D eigenvalue weighted by Crippen LogP contribution is -2.25. The van der Waals surface area contributed by atoms with Crippen LogP contribution in [0.2, 0.25) is 0 Å². The Balaban J connectivity index is 2.25. The summed E-state index contributed by atoms with van der Waals surface area (Å²) in [7, 11) is 0. The molecule has 0 aromatic heterocycles. The molecule has 0 amide bonds. The molecule has 2 nitrogen and oxygen atoms in total. The fourth-order valence-electron chi connectivity index (χ4n) is 1.60. The summed E-state index contributed by atoms with van der Waals surface area (Å²) in [6.07, 6.45) is 1.33. The standard InChI is InChI=1S/C14H22FNO/c1-11(2)10-17-8-7-13(16)9-12-5-3-4-6-14(12)15/h3-6,11,13H,7-10,16H2,1-2H3. The van der Waals surface area contributed by atoms with Crippen molar-refractivity contribution >= 4 is 0 Å². The molecule has 0 radical (unpaired) electrons. The van der Waals surface area contributed by atoms with Gasteiger partial charge in [0.25, 0.3) is 0 Å². The molecular weight excluding hydrogens is 217 g/mol. The van der Waals surface area contributed by atoms with Gasteiger partial charge < -0.3 is 10.5 Å². The quantitative estimate of drug-likeness (QED) is 0.743. The van der Waals surface area contributed by atoms with Gasteiger partial charge in [-0.15, -0.1) is 0 Å². The fraction of sp³-hybridized carbons (Fsp3) is 0.571. The Hall–Kier alpha value is -0.930. The molecule has 1 unspecified atom stereocenters. The SMILES string of the molecule is CC(C)COCCC(N)Cc1ccccc1F. The fourth-order valence-corrected chi connectivity index (χ4v) is 1.60. The summed E-state index contributed by atoms with van der Waals surface area (Å²) in [5.74, 6) is 0.365. The van der Waals surface area contributed by atoms with Crippen molar-refractivity contribution in [3.8, 4) is 0 Å². The molecule has 0 heterocycles. The number of hydrogen-bond acceptors (Lipinski definition) is 2. The lowest BCUT2D eigenvalue weighted by Gasteiger charge is -2.13. The Morgan fingerprint density at radius 2 is 2.00 bits per heavy atom.